The third-order valence-electron chi connectivity index (χ3n) is 3.73. The van der Waals surface area contributed by atoms with Crippen molar-refractivity contribution in [2.45, 2.75) is 18.2 Å². The average molecular weight is 371 g/mol. The Labute approximate surface area is 148 Å². The Morgan fingerprint density at radius 3 is 2.68 bits per heavy atom. The highest BCUT2D eigenvalue weighted by Gasteiger charge is 2.27. The monoisotopic (exact) mass is 371 g/mol. The molecule has 0 spiro atoms. The van der Waals surface area contributed by atoms with Crippen LogP contribution in [0.15, 0.2) is 23.1 Å². The van der Waals surface area contributed by atoms with E-state index in [0.29, 0.717) is 50.9 Å². The predicted octanol–water partition coefficient (Wildman–Crippen LogP) is 0.654. The fourth-order valence-corrected chi connectivity index (χ4v) is 3.87. The van der Waals surface area contributed by atoms with Gasteiger partial charge in [-0.25, -0.2) is 8.42 Å². The number of hydrogen-bond acceptors (Lipinski definition) is 6. The van der Waals surface area contributed by atoms with Gasteiger partial charge < -0.3 is 20.1 Å². The molecule has 1 heterocycles. The third kappa shape index (κ3) is 5.15. The second-order valence-corrected chi connectivity index (χ2v) is 7.45. The number of nitrogens with one attached hydrogen (secondary N) is 2. The maximum absolute atomic E-state index is 12.8. The summed E-state index contributed by atoms with van der Waals surface area (Å²) in [5.41, 5.74) is 0.359. The highest BCUT2D eigenvalue weighted by molar-refractivity contribution is 7.89. The van der Waals surface area contributed by atoms with Crippen LogP contribution in [-0.2, 0) is 19.6 Å². The molecular formula is C16H25N3O5S. The van der Waals surface area contributed by atoms with Crippen molar-refractivity contribution >= 4 is 21.6 Å². The molecule has 25 heavy (non-hydrogen) atoms. The van der Waals surface area contributed by atoms with Gasteiger partial charge in [-0.1, -0.05) is 0 Å². The number of benzene rings is 1. The maximum atomic E-state index is 12.8. The van der Waals surface area contributed by atoms with Gasteiger partial charge in [-0.05, 0) is 32.2 Å². The Bertz CT molecular complexity index is 687. The van der Waals surface area contributed by atoms with Gasteiger partial charge in [0.2, 0.25) is 15.9 Å². The zero-order valence-electron chi connectivity index (χ0n) is 14.6. The van der Waals surface area contributed by atoms with Crippen molar-refractivity contribution in [3.8, 4) is 5.75 Å². The zero-order valence-corrected chi connectivity index (χ0v) is 15.4. The molecule has 0 aromatic heterocycles. The molecule has 0 atom stereocenters. The first-order valence-electron chi connectivity index (χ1n) is 8.28. The van der Waals surface area contributed by atoms with Crippen LogP contribution in [0, 0.1) is 0 Å². The van der Waals surface area contributed by atoms with Gasteiger partial charge in [0.25, 0.3) is 0 Å². The van der Waals surface area contributed by atoms with E-state index in [4.69, 9.17) is 9.47 Å². The molecule has 8 nitrogen and oxygen atoms in total. The molecule has 9 heteroatoms. The van der Waals surface area contributed by atoms with Crippen LogP contribution >= 0.6 is 0 Å². The number of anilines is 1. The molecule has 1 saturated heterocycles. The number of morpholine rings is 1. The van der Waals surface area contributed by atoms with E-state index in [9.17, 15) is 13.2 Å². The van der Waals surface area contributed by atoms with Crippen LogP contribution in [0.4, 0.5) is 5.69 Å². The van der Waals surface area contributed by atoms with Gasteiger partial charge in [0.15, 0.2) is 0 Å². The summed E-state index contributed by atoms with van der Waals surface area (Å²) >= 11 is 0. The third-order valence-corrected chi connectivity index (χ3v) is 5.63. The van der Waals surface area contributed by atoms with Crippen molar-refractivity contribution in [3.05, 3.63) is 18.2 Å². The van der Waals surface area contributed by atoms with Crippen molar-refractivity contribution in [2.24, 2.45) is 0 Å². The molecule has 2 N–H and O–H groups in total. The minimum Gasteiger partial charge on any atom is -0.492 e. The summed E-state index contributed by atoms with van der Waals surface area (Å²) in [6.07, 6.45) is 0.280. The second-order valence-electron chi connectivity index (χ2n) is 5.51. The molecule has 1 aliphatic heterocycles. The molecule has 0 radical (unpaired) electrons. The standard InChI is InChI=1S/C16H25N3O5S/c1-3-24-15-5-4-13(12-14(15)18-16(20)6-7-17-2)25(21,22)19-8-10-23-11-9-19/h4-5,12,17H,3,6-11H2,1-2H3,(H,18,20). The molecule has 1 fully saturated rings. The van der Waals surface area contributed by atoms with Crippen LogP contribution in [0.25, 0.3) is 0 Å². The highest BCUT2D eigenvalue weighted by Crippen LogP contribution is 2.29. The summed E-state index contributed by atoms with van der Waals surface area (Å²) in [5, 5.41) is 5.63. The number of ether oxygens (including phenoxy) is 2. The summed E-state index contributed by atoms with van der Waals surface area (Å²) in [4.78, 5) is 12.1. The van der Waals surface area contributed by atoms with E-state index in [2.05, 4.69) is 10.6 Å². The first kappa shape index (κ1) is 19.6. The number of sulfonamides is 1. The normalized spacial score (nSPS) is 15.8. The van der Waals surface area contributed by atoms with E-state index in [0.717, 1.165) is 0 Å². The van der Waals surface area contributed by atoms with Gasteiger partial charge in [0.05, 0.1) is 30.4 Å². The molecular weight excluding hydrogens is 346 g/mol. The summed E-state index contributed by atoms with van der Waals surface area (Å²) in [5.74, 6) is 0.234. The minimum atomic E-state index is -3.63. The van der Waals surface area contributed by atoms with Crippen molar-refractivity contribution in [1.82, 2.24) is 9.62 Å². The lowest BCUT2D eigenvalue weighted by molar-refractivity contribution is -0.116. The van der Waals surface area contributed by atoms with Crippen molar-refractivity contribution in [2.75, 3.05) is 51.8 Å². The molecule has 0 bridgehead atoms. The van der Waals surface area contributed by atoms with Gasteiger partial charge in [0.1, 0.15) is 5.75 Å². The second kappa shape index (κ2) is 9.14. The number of amides is 1. The first-order valence-corrected chi connectivity index (χ1v) is 9.72. The molecule has 0 unspecified atom stereocenters. The molecule has 1 amide bonds. The van der Waals surface area contributed by atoms with Crippen LogP contribution < -0.4 is 15.4 Å². The highest BCUT2D eigenvalue weighted by atomic mass is 32.2. The average Bonchev–Trinajstić information content (AvgIpc) is 2.62. The lowest BCUT2D eigenvalue weighted by Gasteiger charge is -2.26. The first-order chi connectivity index (χ1) is 12.0. The topological polar surface area (TPSA) is 97.0 Å². The minimum absolute atomic E-state index is 0.127. The fourth-order valence-electron chi connectivity index (χ4n) is 2.44. The summed E-state index contributed by atoms with van der Waals surface area (Å²) in [6.45, 7) is 4.16. The Morgan fingerprint density at radius 2 is 2.04 bits per heavy atom. The zero-order chi connectivity index (χ0) is 18.3. The quantitative estimate of drug-likeness (QED) is 0.697. The van der Waals surface area contributed by atoms with Crippen LogP contribution in [0.3, 0.4) is 0 Å². The van der Waals surface area contributed by atoms with Crippen LogP contribution in [0.2, 0.25) is 0 Å². The number of carbonyl (C=O) groups is 1. The Morgan fingerprint density at radius 1 is 1.32 bits per heavy atom. The molecule has 0 saturated carbocycles. The predicted molar refractivity (Wildman–Crippen MR) is 94.4 cm³/mol. The van der Waals surface area contributed by atoms with Gasteiger partial charge in [0, 0.05) is 26.1 Å². The van der Waals surface area contributed by atoms with Crippen molar-refractivity contribution in [1.29, 1.82) is 0 Å². The number of rotatable bonds is 8. The SMILES string of the molecule is CCOc1ccc(S(=O)(=O)N2CCOCC2)cc1NC(=O)CCNC. The molecule has 0 aliphatic carbocycles. The lowest BCUT2D eigenvalue weighted by atomic mass is 10.2. The van der Waals surface area contributed by atoms with E-state index in [-0.39, 0.29) is 17.2 Å². The van der Waals surface area contributed by atoms with Gasteiger partial charge >= 0.3 is 0 Å². The largest absolute Gasteiger partial charge is 0.492 e. The van der Waals surface area contributed by atoms with Crippen LogP contribution in [-0.4, -0.2) is 65.1 Å². The smallest absolute Gasteiger partial charge is 0.243 e. The maximum Gasteiger partial charge on any atom is 0.243 e. The Hall–Kier alpha value is -1.68. The van der Waals surface area contributed by atoms with Crippen molar-refractivity contribution < 1.29 is 22.7 Å². The molecule has 1 aromatic carbocycles. The summed E-state index contributed by atoms with van der Waals surface area (Å²) in [6, 6.07) is 4.52. The molecule has 1 aromatic rings. The van der Waals surface area contributed by atoms with Crippen LogP contribution in [0.5, 0.6) is 5.75 Å². The van der Waals surface area contributed by atoms with Crippen molar-refractivity contribution in [3.63, 3.8) is 0 Å². The van der Waals surface area contributed by atoms with E-state index in [1.807, 2.05) is 6.92 Å². The van der Waals surface area contributed by atoms with Gasteiger partial charge in [-0.15, -0.1) is 0 Å². The lowest BCUT2D eigenvalue weighted by Crippen LogP contribution is -2.40. The number of carbonyl (C=O) groups excluding carboxylic acids is 1. The van der Waals surface area contributed by atoms with E-state index >= 15 is 0 Å². The Kier molecular flexibility index (Phi) is 7.18. The van der Waals surface area contributed by atoms with E-state index in [1.54, 1.807) is 13.1 Å². The van der Waals surface area contributed by atoms with Gasteiger partial charge in [-0.3, -0.25) is 4.79 Å². The molecule has 1 aliphatic rings. The van der Waals surface area contributed by atoms with E-state index < -0.39 is 10.0 Å². The number of hydrogen-bond donors (Lipinski definition) is 2. The Balaban J connectivity index is 2.27. The molecule has 140 valence electrons. The van der Waals surface area contributed by atoms with E-state index in [1.165, 1.54) is 16.4 Å². The fraction of sp³-hybridized carbons (Fsp3) is 0.562. The molecule has 2 rings (SSSR count). The summed E-state index contributed by atoms with van der Waals surface area (Å²) in [7, 11) is -1.88. The number of nitrogens with zero attached hydrogens (tertiary/aromatic N) is 1. The van der Waals surface area contributed by atoms with Crippen LogP contribution in [0.1, 0.15) is 13.3 Å². The summed E-state index contributed by atoms with van der Waals surface area (Å²) < 4.78 is 37.6. The van der Waals surface area contributed by atoms with Gasteiger partial charge in [-0.2, -0.15) is 4.31 Å².